The van der Waals surface area contributed by atoms with E-state index in [0.29, 0.717) is 0 Å². The van der Waals surface area contributed by atoms with Crippen LogP contribution >= 0.6 is 11.3 Å². The summed E-state index contributed by atoms with van der Waals surface area (Å²) in [6, 6.07) is 30.7. The zero-order valence-corrected chi connectivity index (χ0v) is 44.4. The Hall–Kier alpha value is -4.28. The van der Waals surface area contributed by atoms with Gasteiger partial charge in [0.05, 0.1) is 5.00 Å². The minimum absolute atomic E-state index is 0.0601. The fourth-order valence-electron chi connectivity index (χ4n) is 13.4. The van der Waals surface area contributed by atoms with Gasteiger partial charge in [-0.2, -0.15) is 0 Å². The van der Waals surface area contributed by atoms with Gasteiger partial charge in [0.15, 0.2) is 0 Å². The van der Waals surface area contributed by atoms with Crippen LogP contribution in [0.4, 0.5) is 33.4 Å². The summed E-state index contributed by atoms with van der Waals surface area (Å²) in [5.41, 5.74) is 24.9. The van der Waals surface area contributed by atoms with E-state index in [1.807, 2.05) is 11.3 Å². The lowest BCUT2D eigenvalue weighted by Gasteiger charge is -2.47. The number of hydrogen-bond acceptors (Lipinski definition) is 3. The van der Waals surface area contributed by atoms with Crippen molar-refractivity contribution in [2.24, 2.45) is 0 Å². The Kier molecular flexibility index (Phi) is 9.19. The van der Waals surface area contributed by atoms with Gasteiger partial charge in [0.2, 0.25) is 0 Å². The maximum atomic E-state index is 2.74. The number of thiophene rings is 1. The standard InChI is InChI=1S/C62H75BN2S/c1-36-28-50-54-51(29-36)65(48-21-18-38(30-37(48)2)56(3,4)5)55-53(40-32-43-46(35-52(40)66-55)62(16,17)27-24-59(43,10)11)63(54)47-33-44-45(61(14,15)26-25-60(44,12)13)34-49(47)64(50)39-19-20-41-42(31-39)58(8,9)23-22-57(41,6)7/h18-21,28-35H,22-27H2,1-17H3. The Morgan fingerprint density at radius 2 is 0.970 bits per heavy atom. The van der Waals surface area contributed by atoms with Gasteiger partial charge in [-0.25, -0.2) is 0 Å². The first-order valence-corrected chi connectivity index (χ1v) is 26.2. The van der Waals surface area contributed by atoms with Crippen LogP contribution < -0.4 is 26.2 Å². The zero-order valence-electron chi connectivity index (χ0n) is 43.6. The quantitative estimate of drug-likeness (QED) is 0.160. The molecule has 0 bridgehead atoms. The van der Waals surface area contributed by atoms with E-state index >= 15 is 0 Å². The molecule has 0 unspecified atom stereocenters. The second kappa shape index (κ2) is 13.7. The molecule has 6 aromatic rings. The van der Waals surface area contributed by atoms with Gasteiger partial charge >= 0.3 is 0 Å². The van der Waals surface area contributed by atoms with Crippen molar-refractivity contribution >= 4 is 78.0 Å². The normalized spacial score (nSPS) is 21.1. The van der Waals surface area contributed by atoms with E-state index < -0.39 is 0 Å². The lowest BCUT2D eigenvalue weighted by molar-refractivity contribution is 0.332. The number of anilines is 6. The molecule has 0 saturated heterocycles. The van der Waals surface area contributed by atoms with Crippen LogP contribution in [0.15, 0.2) is 72.8 Å². The Bertz CT molecular complexity index is 3070. The number of nitrogens with zero attached hydrogens (tertiary/aromatic N) is 2. The van der Waals surface area contributed by atoms with Crippen LogP contribution in [0.2, 0.25) is 0 Å². The van der Waals surface area contributed by atoms with Crippen LogP contribution in [0, 0.1) is 13.8 Å². The molecule has 0 spiro atoms. The van der Waals surface area contributed by atoms with Crippen LogP contribution in [0.3, 0.4) is 0 Å². The zero-order chi connectivity index (χ0) is 47.2. The third kappa shape index (κ3) is 6.31. The molecule has 0 radical (unpaired) electrons. The second-order valence-corrected chi connectivity index (χ2v) is 27.8. The molecular weight excluding hydrogens is 816 g/mol. The highest BCUT2D eigenvalue weighted by molar-refractivity contribution is 7.26. The van der Waals surface area contributed by atoms with Gasteiger partial charge in [-0.1, -0.05) is 128 Å². The van der Waals surface area contributed by atoms with Crippen molar-refractivity contribution in [1.29, 1.82) is 0 Å². The fraction of sp³-hybridized carbons (Fsp3) is 0.484. The highest BCUT2D eigenvalue weighted by Gasteiger charge is 2.49. The molecule has 0 fully saturated rings. The van der Waals surface area contributed by atoms with Gasteiger partial charge in [-0.15, -0.1) is 11.3 Å². The molecular formula is C62H75BN2S. The lowest BCUT2D eigenvalue weighted by Crippen LogP contribution is -2.61. The summed E-state index contributed by atoms with van der Waals surface area (Å²) >= 11 is 2.04. The Morgan fingerprint density at radius 3 is 1.53 bits per heavy atom. The van der Waals surface area contributed by atoms with E-state index in [-0.39, 0.29) is 44.6 Å². The molecule has 0 N–H and O–H groups in total. The largest absolute Gasteiger partial charge is 0.311 e. The summed E-state index contributed by atoms with van der Waals surface area (Å²) in [7, 11) is 0. The Labute approximate surface area is 402 Å². The maximum Gasteiger partial charge on any atom is 0.254 e. The smallest absolute Gasteiger partial charge is 0.254 e. The summed E-state index contributed by atoms with van der Waals surface area (Å²) in [6.45, 7) is 41.7. The molecule has 0 amide bonds. The predicted molar refractivity (Wildman–Crippen MR) is 290 cm³/mol. The van der Waals surface area contributed by atoms with E-state index in [4.69, 9.17) is 0 Å². The van der Waals surface area contributed by atoms with Gasteiger partial charge in [-0.05, 0) is 211 Å². The fourth-order valence-corrected chi connectivity index (χ4v) is 14.7. The van der Waals surface area contributed by atoms with E-state index in [0.717, 1.165) is 0 Å². The predicted octanol–water partition coefficient (Wildman–Crippen LogP) is 15.9. The molecule has 3 heterocycles. The molecule has 5 aromatic carbocycles. The van der Waals surface area contributed by atoms with Gasteiger partial charge < -0.3 is 9.80 Å². The summed E-state index contributed by atoms with van der Waals surface area (Å²) < 4.78 is 1.42. The van der Waals surface area contributed by atoms with Gasteiger partial charge in [-0.3, -0.25) is 0 Å². The maximum absolute atomic E-state index is 2.74. The highest BCUT2D eigenvalue weighted by atomic mass is 32.1. The molecule has 1 aromatic heterocycles. The third-order valence-electron chi connectivity index (χ3n) is 18.2. The molecule has 4 heteroatoms. The van der Waals surface area contributed by atoms with Crippen LogP contribution in [0.1, 0.15) is 192 Å². The first-order valence-electron chi connectivity index (χ1n) is 25.4. The summed E-state index contributed by atoms with van der Waals surface area (Å²) in [5.74, 6) is 0. The molecule has 3 aliphatic carbocycles. The van der Waals surface area contributed by atoms with E-state index in [2.05, 4.69) is 200 Å². The average molecular weight is 891 g/mol. The van der Waals surface area contributed by atoms with Crippen molar-refractivity contribution < 1.29 is 0 Å². The minimum atomic E-state index is 0.0601. The van der Waals surface area contributed by atoms with Crippen LogP contribution in [-0.2, 0) is 37.9 Å². The molecule has 0 saturated carbocycles. The summed E-state index contributed by atoms with van der Waals surface area (Å²) in [6.07, 6.45) is 7.21. The van der Waals surface area contributed by atoms with Crippen molar-refractivity contribution in [1.82, 2.24) is 0 Å². The van der Waals surface area contributed by atoms with E-state index in [1.165, 1.54) is 132 Å². The average Bonchev–Trinajstić information content (AvgIpc) is 3.60. The number of fused-ring (bicyclic) bond motifs is 9. The monoisotopic (exact) mass is 891 g/mol. The van der Waals surface area contributed by atoms with Crippen LogP contribution in [0.25, 0.3) is 10.1 Å². The molecule has 2 nitrogen and oxygen atoms in total. The topological polar surface area (TPSA) is 6.48 Å². The van der Waals surface area contributed by atoms with Crippen molar-refractivity contribution in [3.8, 4) is 0 Å². The van der Waals surface area contributed by atoms with Crippen LogP contribution in [-0.4, -0.2) is 6.71 Å². The molecule has 5 aliphatic rings. The SMILES string of the molecule is Cc1cc2c3c(c1)N(c1ccc(C(C)(C)C)cc1C)c1sc4cc5c(cc4c1B3c1cc3c(cc1N2c1ccc2c(c1)C(C)(C)CCC2(C)C)C(C)(C)CCC3(C)C)C(C)(C)CCC5(C)C. The first kappa shape index (κ1) is 44.2. The second-order valence-electron chi connectivity index (χ2n) is 26.8. The molecule has 342 valence electrons. The Balaban J connectivity index is 1.29. The van der Waals surface area contributed by atoms with Crippen molar-refractivity contribution in [3.05, 3.63) is 123 Å². The minimum Gasteiger partial charge on any atom is -0.311 e. The molecule has 66 heavy (non-hydrogen) atoms. The molecule has 2 aliphatic heterocycles. The summed E-state index contributed by atoms with van der Waals surface area (Å²) in [4.78, 5) is 5.45. The first-order chi connectivity index (χ1) is 30.6. The van der Waals surface area contributed by atoms with Crippen molar-refractivity contribution in [2.75, 3.05) is 9.80 Å². The lowest BCUT2D eigenvalue weighted by atomic mass is 9.33. The number of rotatable bonds is 2. The van der Waals surface area contributed by atoms with Gasteiger partial charge in [0.1, 0.15) is 0 Å². The number of aryl methyl sites for hydroxylation is 2. The molecule has 0 atom stereocenters. The van der Waals surface area contributed by atoms with E-state index in [9.17, 15) is 0 Å². The van der Waals surface area contributed by atoms with Gasteiger partial charge in [0.25, 0.3) is 6.71 Å². The van der Waals surface area contributed by atoms with E-state index in [1.54, 1.807) is 16.7 Å². The number of benzene rings is 5. The van der Waals surface area contributed by atoms with Crippen molar-refractivity contribution in [2.45, 2.75) is 194 Å². The third-order valence-corrected chi connectivity index (χ3v) is 19.3. The number of hydrogen-bond donors (Lipinski definition) is 0. The van der Waals surface area contributed by atoms with Gasteiger partial charge in [0, 0.05) is 33.1 Å². The Morgan fingerprint density at radius 1 is 0.470 bits per heavy atom. The highest BCUT2D eigenvalue weighted by Crippen LogP contribution is 2.55. The summed E-state index contributed by atoms with van der Waals surface area (Å²) in [5, 5.41) is 2.84. The van der Waals surface area contributed by atoms with Crippen LogP contribution in [0.5, 0.6) is 0 Å². The molecule has 11 rings (SSSR count). The van der Waals surface area contributed by atoms with Crippen molar-refractivity contribution in [3.63, 3.8) is 0 Å².